The van der Waals surface area contributed by atoms with Gasteiger partial charge >= 0.3 is 0 Å². The van der Waals surface area contributed by atoms with Crippen molar-refractivity contribution in [3.8, 4) is 5.75 Å². The fourth-order valence-electron chi connectivity index (χ4n) is 2.31. The van der Waals surface area contributed by atoms with E-state index in [4.69, 9.17) is 4.74 Å². The highest BCUT2D eigenvalue weighted by Crippen LogP contribution is 2.33. The third-order valence-electron chi connectivity index (χ3n) is 3.48. The molecule has 2 aromatic rings. The maximum atomic E-state index is 10.7. The molecule has 92 valence electrons. The number of hydrogen-bond donors (Lipinski definition) is 1. The molecule has 2 heterocycles. The predicted octanol–water partition coefficient (Wildman–Crippen LogP) is 2.27. The number of aromatic nitrogens is 1. The van der Waals surface area contributed by atoms with Gasteiger partial charge in [-0.05, 0) is 36.2 Å². The topological polar surface area (TPSA) is 42.4 Å². The second kappa shape index (κ2) is 4.10. The summed E-state index contributed by atoms with van der Waals surface area (Å²) >= 11 is 0. The molecule has 3 nitrogen and oxygen atoms in total. The van der Waals surface area contributed by atoms with E-state index in [0.29, 0.717) is 0 Å². The molecule has 18 heavy (non-hydrogen) atoms. The van der Waals surface area contributed by atoms with Gasteiger partial charge in [-0.15, -0.1) is 0 Å². The van der Waals surface area contributed by atoms with Crippen LogP contribution in [0.1, 0.15) is 23.6 Å². The second-order valence-electron chi connectivity index (χ2n) is 4.73. The number of fused-ring (bicyclic) bond motifs is 1. The van der Waals surface area contributed by atoms with Crippen LogP contribution in [0.3, 0.4) is 0 Å². The molecule has 0 saturated carbocycles. The Balaban J connectivity index is 2.04. The molecule has 1 aromatic carbocycles. The Morgan fingerprint density at radius 1 is 1.28 bits per heavy atom. The van der Waals surface area contributed by atoms with E-state index in [2.05, 4.69) is 4.98 Å². The van der Waals surface area contributed by atoms with Crippen LogP contribution in [0.2, 0.25) is 0 Å². The molecule has 1 N–H and O–H groups in total. The zero-order chi connectivity index (χ0) is 12.6. The van der Waals surface area contributed by atoms with Gasteiger partial charge in [0, 0.05) is 24.4 Å². The van der Waals surface area contributed by atoms with E-state index in [1.807, 2.05) is 30.3 Å². The minimum Gasteiger partial charge on any atom is -0.493 e. The minimum atomic E-state index is -1.02. The summed E-state index contributed by atoms with van der Waals surface area (Å²) < 4.78 is 5.48. The smallest absolute Gasteiger partial charge is 0.122 e. The molecular weight excluding hydrogens is 226 g/mol. The molecule has 1 aliphatic heterocycles. The van der Waals surface area contributed by atoms with Crippen LogP contribution in [0, 0.1) is 0 Å². The zero-order valence-electron chi connectivity index (χ0n) is 10.3. The number of rotatable bonds is 2. The summed E-state index contributed by atoms with van der Waals surface area (Å²) in [5.74, 6) is 0.931. The number of nitrogens with zero attached hydrogens (tertiary/aromatic N) is 1. The second-order valence-corrected chi connectivity index (χ2v) is 4.73. The molecule has 0 radical (unpaired) electrons. The van der Waals surface area contributed by atoms with E-state index < -0.39 is 5.60 Å². The molecule has 0 bridgehead atoms. The molecule has 0 saturated heterocycles. The number of benzene rings is 1. The molecule has 0 spiro atoms. The highest BCUT2D eigenvalue weighted by Gasteiger charge is 2.27. The van der Waals surface area contributed by atoms with Crippen LogP contribution in [0.25, 0.3) is 0 Å². The maximum absolute atomic E-state index is 10.7. The first-order valence-corrected chi connectivity index (χ1v) is 6.07. The van der Waals surface area contributed by atoms with Crippen molar-refractivity contribution in [2.45, 2.75) is 18.9 Å². The van der Waals surface area contributed by atoms with Crippen molar-refractivity contribution >= 4 is 0 Å². The number of ether oxygens (including phenoxy) is 1. The van der Waals surface area contributed by atoms with Crippen LogP contribution in [-0.2, 0) is 12.0 Å². The van der Waals surface area contributed by atoms with Gasteiger partial charge in [0.1, 0.15) is 11.4 Å². The van der Waals surface area contributed by atoms with Crippen molar-refractivity contribution < 1.29 is 9.84 Å². The number of pyridine rings is 1. The molecule has 3 heteroatoms. The van der Waals surface area contributed by atoms with Crippen LogP contribution >= 0.6 is 0 Å². The first-order chi connectivity index (χ1) is 8.68. The van der Waals surface area contributed by atoms with Gasteiger partial charge < -0.3 is 9.84 Å². The Morgan fingerprint density at radius 2 is 2.17 bits per heavy atom. The summed E-state index contributed by atoms with van der Waals surface area (Å²) in [5.41, 5.74) is 1.81. The molecule has 1 unspecified atom stereocenters. The average molecular weight is 241 g/mol. The summed E-state index contributed by atoms with van der Waals surface area (Å²) in [6, 6.07) is 9.59. The SMILES string of the molecule is CC(O)(c1cccnc1)c1ccc2c(c1)CCO2. The highest BCUT2D eigenvalue weighted by molar-refractivity contribution is 5.44. The van der Waals surface area contributed by atoms with Crippen molar-refractivity contribution in [1.82, 2.24) is 4.98 Å². The van der Waals surface area contributed by atoms with E-state index in [1.54, 1.807) is 19.3 Å². The van der Waals surface area contributed by atoms with Crippen LogP contribution in [0.4, 0.5) is 0 Å². The molecular formula is C15H15NO2. The monoisotopic (exact) mass is 241 g/mol. The van der Waals surface area contributed by atoms with Crippen LogP contribution < -0.4 is 4.74 Å². The van der Waals surface area contributed by atoms with Gasteiger partial charge in [-0.3, -0.25) is 4.98 Å². The molecule has 1 aromatic heterocycles. The third kappa shape index (κ3) is 1.77. The van der Waals surface area contributed by atoms with Gasteiger partial charge in [-0.1, -0.05) is 12.1 Å². The van der Waals surface area contributed by atoms with E-state index in [1.165, 1.54) is 0 Å². The Kier molecular flexibility index (Phi) is 2.56. The Bertz CT molecular complexity index is 564. The van der Waals surface area contributed by atoms with Gasteiger partial charge in [0.25, 0.3) is 0 Å². The van der Waals surface area contributed by atoms with Crippen molar-refractivity contribution in [3.05, 3.63) is 59.4 Å². The van der Waals surface area contributed by atoms with E-state index in [0.717, 1.165) is 35.5 Å². The summed E-state index contributed by atoms with van der Waals surface area (Å²) in [6.45, 7) is 2.52. The normalized spacial score (nSPS) is 16.8. The lowest BCUT2D eigenvalue weighted by Crippen LogP contribution is -2.23. The van der Waals surface area contributed by atoms with Gasteiger partial charge in [-0.25, -0.2) is 0 Å². The number of hydrogen-bond acceptors (Lipinski definition) is 3. The maximum Gasteiger partial charge on any atom is 0.122 e. The lowest BCUT2D eigenvalue weighted by molar-refractivity contribution is 0.102. The van der Waals surface area contributed by atoms with Gasteiger partial charge in [-0.2, -0.15) is 0 Å². The fourth-order valence-corrected chi connectivity index (χ4v) is 2.31. The van der Waals surface area contributed by atoms with Gasteiger partial charge in [0.2, 0.25) is 0 Å². The lowest BCUT2D eigenvalue weighted by Gasteiger charge is -2.24. The first-order valence-electron chi connectivity index (χ1n) is 6.07. The van der Waals surface area contributed by atoms with E-state index in [-0.39, 0.29) is 0 Å². The van der Waals surface area contributed by atoms with Gasteiger partial charge in [0.15, 0.2) is 0 Å². The lowest BCUT2D eigenvalue weighted by atomic mass is 9.88. The number of aliphatic hydroxyl groups is 1. The standard InChI is InChI=1S/C15H15NO2/c1-15(17,13-3-2-7-16-10-13)12-4-5-14-11(9-12)6-8-18-14/h2-5,7,9-10,17H,6,8H2,1H3. The van der Waals surface area contributed by atoms with Crippen molar-refractivity contribution in [1.29, 1.82) is 0 Å². The zero-order valence-corrected chi connectivity index (χ0v) is 10.3. The summed E-state index contributed by atoms with van der Waals surface area (Å²) in [4.78, 5) is 4.06. The van der Waals surface area contributed by atoms with Gasteiger partial charge in [0.05, 0.1) is 6.61 Å². The first kappa shape index (κ1) is 11.2. The quantitative estimate of drug-likeness (QED) is 0.877. The Hall–Kier alpha value is -1.87. The minimum absolute atomic E-state index is 0.730. The molecule has 0 fully saturated rings. The van der Waals surface area contributed by atoms with Crippen molar-refractivity contribution in [2.24, 2.45) is 0 Å². The average Bonchev–Trinajstić information content (AvgIpc) is 2.87. The summed E-state index contributed by atoms with van der Waals surface area (Å²) in [7, 11) is 0. The molecule has 0 aliphatic carbocycles. The highest BCUT2D eigenvalue weighted by atomic mass is 16.5. The Labute approximate surface area is 106 Å². The predicted molar refractivity (Wildman–Crippen MR) is 68.6 cm³/mol. The van der Waals surface area contributed by atoms with Crippen LogP contribution in [-0.4, -0.2) is 16.7 Å². The largest absolute Gasteiger partial charge is 0.493 e. The van der Waals surface area contributed by atoms with E-state index >= 15 is 0 Å². The Morgan fingerprint density at radius 3 is 2.94 bits per heavy atom. The molecule has 1 atom stereocenters. The summed E-state index contributed by atoms with van der Waals surface area (Å²) in [5, 5.41) is 10.7. The fraction of sp³-hybridized carbons (Fsp3) is 0.267. The van der Waals surface area contributed by atoms with Crippen molar-refractivity contribution in [3.63, 3.8) is 0 Å². The van der Waals surface area contributed by atoms with Crippen LogP contribution in [0.5, 0.6) is 5.75 Å². The molecule has 3 rings (SSSR count). The summed E-state index contributed by atoms with van der Waals surface area (Å²) in [6.07, 6.45) is 4.31. The third-order valence-corrected chi connectivity index (χ3v) is 3.48. The van der Waals surface area contributed by atoms with Crippen LogP contribution in [0.15, 0.2) is 42.7 Å². The molecule has 1 aliphatic rings. The van der Waals surface area contributed by atoms with E-state index in [9.17, 15) is 5.11 Å². The van der Waals surface area contributed by atoms with Crippen molar-refractivity contribution in [2.75, 3.05) is 6.61 Å². The molecule has 0 amide bonds.